The van der Waals surface area contributed by atoms with E-state index in [1.165, 1.54) is 4.90 Å². The topological polar surface area (TPSA) is 199 Å². The van der Waals surface area contributed by atoms with Crippen LogP contribution in [-0.2, 0) is 25.7 Å². The Labute approximate surface area is 407 Å². The van der Waals surface area contributed by atoms with E-state index >= 15 is 4.39 Å². The number of aliphatic hydroxyl groups excluding tert-OH is 1. The Balaban J connectivity index is 0.712. The zero-order chi connectivity index (χ0) is 48.5. The molecule has 5 aliphatic rings. The minimum atomic E-state index is -0.902. The Morgan fingerprint density at radius 1 is 1.01 bits per heavy atom. The average Bonchev–Trinajstić information content (AvgIpc) is 4.17. The molecule has 3 amide bonds. The fourth-order valence-electron chi connectivity index (χ4n) is 11.1. The highest BCUT2D eigenvalue weighted by atomic mass is 32.1. The first-order valence-electron chi connectivity index (χ1n) is 24.7. The van der Waals surface area contributed by atoms with Crippen molar-refractivity contribution in [1.29, 1.82) is 0 Å². The summed E-state index contributed by atoms with van der Waals surface area (Å²) >= 11 is 1.58. The Bertz CT molecular complexity index is 2480. The summed E-state index contributed by atoms with van der Waals surface area (Å²) in [5, 5.41) is 24.1. The van der Waals surface area contributed by atoms with Gasteiger partial charge in [0.25, 0.3) is 0 Å². The molecule has 7 atom stereocenters. The van der Waals surface area contributed by atoms with E-state index in [0.29, 0.717) is 61.9 Å². The van der Waals surface area contributed by atoms with E-state index in [1.54, 1.807) is 24.5 Å². The Morgan fingerprint density at radius 3 is 2.54 bits per heavy atom. The Kier molecular flexibility index (Phi) is 14.8. The quantitative estimate of drug-likeness (QED) is 0.0897. The molecule has 19 heteroatoms. The van der Waals surface area contributed by atoms with Gasteiger partial charge in [-0.25, -0.2) is 9.37 Å². The maximum absolute atomic E-state index is 15.5. The molecular weight excluding hydrogens is 902 g/mol. The molecule has 69 heavy (non-hydrogen) atoms. The summed E-state index contributed by atoms with van der Waals surface area (Å²) in [5.41, 5.74) is 4.48. The lowest BCUT2D eigenvalue weighted by atomic mass is 9.85. The number of β-amino-alcohol motifs (C(OH)–C–C–N with tert-alkyl or cyclic N) is 1. The third-order valence-corrected chi connectivity index (χ3v) is 15.8. The summed E-state index contributed by atoms with van der Waals surface area (Å²) in [4.78, 5) is 66.3. The fourth-order valence-corrected chi connectivity index (χ4v) is 11.9. The van der Waals surface area contributed by atoms with E-state index in [-0.39, 0.29) is 60.9 Å². The number of benzene rings is 1. The molecule has 5 saturated heterocycles. The molecule has 0 radical (unpaired) electrons. The summed E-state index contributed by atoms with van der Waals surface area (Å²) in [6.45, 7) is 14.5. The van der Waals surface area contributed by atoms with Crippen LogP contribution in [0.2, 0.25) is 0 Å². The van der Waals surface area contributed by atoms with Crippen molar-refractivity contribution in [2.45, 2.75) is 134 Å². The van der Waals surface area contributed by atoms with Gasteiger partial charge in [-0.2, -0.15) is 9.97 Å². The Hall–Kier alpha value is -4.92. The van der Waals surface area contributed by atoms with Crippen LogP contribution in [0, 0.1) is 25.1 Å². The number of likely N-dealkylation sites (tertiary alicyclic amines) is 1. The first kappa shape index (κ1) is 49.1. The first-order valence-corrected chi connectivity index (χ1v) is 25.6. The number of pyridine rings is 1. The lowest BCUT2D eigenvalue weighted by Crippen LogP contribution is -2.57. The Morgan fingerprint density at radius 2 is 1.80 bits per heavy atom. The molecule has 0 saturated carbocycles. The second-order valence-corrected chi connectivity index (χ2v) is 21.7. The van der Waals surface area contributed by atoms with Crippen molar-refractivity contribution in [3.05, 3.63) is 58.7 Å². The largest absolute Gasteiger partial charge is 0.461 e. The average molecular weight is 970 g/mol. The van der Waals surface area contributed by atoms with Gasteiger partial charge >= 0.3 is 6.01 Å². The number of rotatable bonds is 18. The summed E-state index contributed by atoms with van der Waals surface area (Å²) in [6, 6.07) is 7.37. The fraction of sp³-hybridized carbons (Fsp3) is 0.620. The summed E-state index contributed by atoms with van der Waals surface area (Å²) in [5.74, 6) is -0.781. The third-order valence-electron chi connectivity index (χ3n) is 14.8. The van der Waals surface area contributed by atoms with Crippen LogP contribution in [-0.4, -0.2) is 154 Å². The number of fused-ring (bicyclic) bond motifs is 4. The van der Waals surface area contributed by atoms with Crippen molar-refractivity contribution in [2.75, 3.05) is 64.0 Å². The molecule has 3 aromatic heterocycles. The lowest BCUT2D eigenvalue weighted by Gasteiger charge is -2.35. The van der Waals surface area contributed by atoms with Gasteiger partial charge in [-0.15, -0.1) is 11.3 Å². The van der Waals surface area contributed by atoms with Crippen molar-refractivity contribution >= 4 is 45.8 Å². The minimum Gasteiger partial charge on any atom is -0.461 e. The van der Waals surface area contributed by atoms with Crippen LogP contribution >= 0.6 is 11.3 Å². The molecule has 5 N–H and O–H groups in total. The molecule has 9 rings (SSSR count). The van der Waals surface area contributed by atoms with Gasteiger partial charge in [0.15, 0.2) is 5.82 Å². The molecule has 2 unspecified atom stereocenters. The van der Waals surface area contributed by atoms with E-state index in [0.717, 1.165) is 79.9 Å². The summed E-state index contributed by atoms with van der Waals surface area (Å²) < 4.78 is 28.2. The van der Waals surface area contributed by atoms with E-state index in [2.05, 4.69) is 46.0 Å². The van der Waals surface area contributed by atoms with Gasteiger partial charge in [-0.05, 0) is 75.5 Å². The highest BCUT2D eigenvalue weighted by Crippen LogP contribution is 2.43. The van der Waals surface area contributed by atoms with Gasteiger partial charge in [0, 0.05) is 76.4 Å². The van der Waals surface area contributed by atoms with Crippen LogP contribution < -0.4 is 30.9 Å². The number of aryl methyl sites for hydroxylation is 2. The zero-order valence-electron chi connectivity index (χ0n) is 40.6. The van der Waals surface area contributed by atoms with Crippen LogP contribution in [0.1, 0.15) is 89.1 Å². The van der Waals surface area contributed by atoms with Crippen molar-refractivity contribution in [3.8, 4) is 16.5 Å². The number of nitrogens with zero attached hydrogens (tertiary/aromatic N) is 7. The maximum atomic E-state index is 15.5. The highest BCUT2D eigenvalue weighted by molar-refractivity contribution is 7.13. The normalized spacial score (nSPS) is 25.1. The van der Waals surface area contributed by atoms with Gasteiger partial charge in [0.2, 0.25) is 17.7 Å². The molecule has 8 heterocycles. The first-order chi connectivity index (χ1) is 33.2. The number of carbonyl (C=O) groups excluding carboxylic acids is 3. The zero-order valence-corrected chi connectivity index (χ0v) is 41.4. The van der Waals surface area contributed by atoms with Crippen molar-refractivity contribution in [3.63, 3.8) is 0 Å². The number of aliphatic hydroxyl groups is 1. The van der Waals surface area contributed by atoms with E-state index in [9.17, 15) is 19.5 Å². The number of hydrogen-bond acceptors (Lipinski definition) is 15. The smallest absolute Gasteiger partial charge is 0.319 e. The SMILES string of the molecule is Cc1ncsc1-c1ccc(CNC(=O)[C@H]2C[C@H](O)CN2C(=O)[C@H](NC(=O)CCNCCOC[C@H]2CC[C@@]3(COc4nc(N5CC6CCC(C5)N6)c5cnc(C)c(F)c5n4)CCCN23)C(C)(C)C)cc1. The van der Waals surface area contributed by atoms with E-state index in [1.807, 2.05) is 57.5 Å². The van der Waals surface area contributed by atoms with Crippen molar-refractivity contribution in [2.24, 2.45) is 5.41 Å². The number of halogens is 1. The number of piperazine rings is 1. The predicted molar refractivity (Wildman–Crippen MR) is 261 cm³/mol. The lowest BCUT2D eigenvalue weighted by molar-refractivity contribution is -0.144. The summed E-state index contributed by atoms with van der Waals surface area (Å²) in [7, 11) is 0. The number of carbonyl (C=O) groups is 3. The number of anilines is 1. The molecule has 372 valence electrons. The van der Waals surface area contributed by atoms with Crippen molar-refractivity contribution in [1.82, 2.24) is 51.0 Å². The van der Waals surface area contributed by atoms with Crippen LogP contribution in [0.3, 0.4) is 0 Å². The number of aromatic nitrogens is 4. The molecule has 17 nitrogen and oxygen atoms in total. The van der Waals surface area contributed by atoms with Crippen LogP contribution in [0.25, 0.3) is 21.3 Å². The molecule has 4 aromatic rings. The molecule has 2 bridgehead atoms. The van der Waals surface area contributed by atoms with Crippen molar-refractivity contribution < 1.29 is 33.4 Å². The molecule has 5 fully saturated rings. The second-order valence-electron chi connectivity index (χ2n) is 20.8. The van der Waals surface area contributed by atoms with Gasteiger partial charge in [0.1, 0.15) is 30.0 Å². The minimum absolute atomic E-state index is 0.0104. The number of amides is 3. The molecule has 0 spiro atoms. The number of hydrogen-bond donors (Lipinski definition) is 5. The van der Waals surface area contributed by atoms with Crippen LogP contribution in [0.4, 0.5) is 10.2 Å². The number of ether oxygens (including phenoxy) is 2. The van der Waals surface area contributed by atoms with Gasteiger partial charge in [-0.3, -0.25) is 24.3 Å². The van der Waals surface area contributed by atoms with Gasteiger partial charge in [0.05, 0.1) is 52.0 Å². The van der Waals surface area contributed by atoms with Gasteiger partial charge in [-0.1, -0.05) is 45.0 Å². The molecule has 5 aliphatic heterocycles. The standard InChI is InChI=1S/C50H68FN11O6S/c1-30-41(51)42-38(23-53-30)45(60-24-34-11-12-35(25-60)56-34)59-48(58-42)68-28-50-15-6-19-62(50)36(13-16-50)27-67-20-18-52-17-14-40(64)57-44(49(3,4)5)47(66)61-26-37(63)21-39(61)46(65)54-22-32-7-9-33(10-8-32)43-31(2)55-29-69-43/h7-10,23,29,34-37,39,44,52,56,63H,6,11-22,24-28H2,1-5H3,(H,54,65)(H,57,64)/t34?,35?,36-,37+,39-,44+,50-/m1/s1. The van der Waals surface area contributed by atoms with Gasteiger partial charge < -0.3 is 45.6 Å². The maximum Gasteiger partial charge on any atom is 0.319 e. The van der Waals surface area contributed by atoms with Crippen LogP contribution in [0.5, 0.6) is 6.01 Å². The van der Waals surface area contributed by atoms with E-state index < -0.39 is 35.3 Å². The molecule has 0 aliphatic carbocycles. The predicted octanol–water partition coefficient (Wildman–Crippen LogP) is 4.03. The monoisotopic (exact) mass is 970 g/mol. The number of nitrogens with one attached hydrogen (secondary N) is 4. The second kappa shape index (κ2) is 20.8. The summed E-state index contributed by atoms with van der Waals surface area (Å²) in [6.07, 6.45) is 7.32. The third kappa shape index (κ3) is 10.9. The molecule has 1 aromatic carbocycles. The highest BCUT2D eigenvalue weighted by Gasteiger charge is 2.50. The molecular formula is C50H68FN11O6S. The van der Waals surface area contributed by atoms with Crippen LogP contribution in [0.15, 0.2) is 36.0 Å². The van der Waals surface area contributed by atoms with E-state index in [4.69, 9.17) is 14.5 Å². The number of thiazole rings is 1.